The van der Waals surface area contributed by atoms with Gasteiger partial charge in [-0.3, -0.25) is 0 Å². The Labute approximate surface area is 54.2 Å². The third kappa shape index (κ3) is 157. The fourth-order valence-corrected chi connectivity index (χ4v) is 0. The van der Waals surface area contributed by atoms with E-state index >= 15 is 0 Å². The predicted molar refractivity (Wildman–Crippen MR) is 23.7 cm³/mol. The van der Waals surface area contributed by atoms with Crippen molar-refractivity contribution in [3.63, 3.8) is 0 Å². The topological polar surface area (TPSA) is 94.5 Å². The van der Waals surface area contributed by atoms with E-state index in [9.17, 15) is 0 Å². The van der Waals surface area contributed by atoms with Crippen LogP contribution in [0, 0.1) is 14.9 Å². The van der Waals surface area contributed by atoms with Crippen molar-refractivity contribution in [2.24, 2.45) is 0 Å². The molecule has 0 amide bonds. The molecule has 0 atom stereocenters. The van der Waals surface area contributed by atoms with Crippen molar-refractivity contribution < 1.29 is 38.8 Å². The second-order valence-electron chi connectivity index (χ2n) is 0. The molecule has 0 bridgehead atoms. The molecule has 3 nitrogen and oxygen atoms in total. The number of rotatable bonds is 0. The van der Waals surface area contributed by atoms with Crippen molar-refractivity contribution >= 4 is 0 Å². The Morgan fingerprint density at radius 2 is 0.500 bits per heavy atom. The van der Waals surface area contributed by atoms with E-state index < -0.39 is 0 Å². The van der Waals surface area contributed by atoms with E-state index in [2.05, 4.69) is 0 Å². The quantitative estimate of drug-likeness (QED) is 0.473. The molecule has 0 fully saturated rings. The first kappa shape index (κ1) is 544. The number of hydrogen-bond donors (Lipinski definition) is 0. The van der Waals surface area contributed by atoms with E-state index in [1.807, 2.05) is 0 Å². The van der Waals surface area contributed by atoms with Gasteiger partial charge in [-0.2, -0.15) is 0 Å². The van der Waals surface area contributed by atoms with Crippen molar-refractivity contribution in [3.8, 4) is 0 Å². The van der Waals surface area contributed by atoms with Crippen LogP contribution in [-0.2, 0) is 22.4 Å². The second-order valence-corrected chi connectivity index (χ2v) is 0. The minimum atomic E-state index is 0. The Balaban J connectivity index is 0. The molecule has 0 aliphatic heterocycles. The smallest absolute Gasteiger partial charge is 0.412 e. The molecule has 0 unspecified atom stereocenters. The molecule has 0 saturated carbocycles. The van der Waals surface area contributed by atoms with Gasteiger partial charge in [-0.1, -0.05) is 0 Å². The van der Waals surface area contributed by atoms with E-state index in [0.717, 1.165) is 0 Å². The van der Waals surface area contributed by atoms with Crippen molar-refractivity contribution in [1.29, 1.82) is 0 Å². The molecule has 0 aromatic carbocycles. The van der Waals surface area contributed by atoms with Crippen LogP contribution in [0.2, 0.25) is 0 Å². The summed E-state index contributed by atoms with van der Waals surface area (Å²) in [6.45, 7) is 0. The van der Waals surface area contributed by atoms with E-state index in [1.54, 1.807) is 0 Å². The molecular weight excluding hydrogens is 253 g/mol. The van der Waals surface area contributed by atoms with E-state index in [-0.39, 0.29) is 53.7 Å². The molecule has 0 heterocycles. The third-order valence-electron chi connectivity index (χ3n) is 0. The summed E-state index contributed by atoms with van der Waals surface area (Å²) in [6.07, 6.45) is 0. The minimum absolute atomic E-state index is 0. The van der Waals surface area contributed by atoms with Crippen molar-refractivity contribution in [1.82, 2.24) is 0 Å². The first-order chi connectivity index (χ1) is 0. The van der Waals surface area contributed by atoms with Crippen LogP contribution < -0.4 is 0 Å². The van der Waals surface area contributed by atoms with Crippen molar-refractivity contribution in [3.05, 3.63) is 14.9 Å². The monoisotopic (exact) mass is 265 g/mol. The maximum atomic E-state index is 0. The molecular formula is C2H12O3Ta. The van der Waals surface area contributed by atoms with Gasteiger partial charge in [-0.25, -0.2) is 0 Å². The summed E-state index contributed by atoms with van der Waals surface area (Å²) in [5, 5.41) is 0. The predicted octanol–water partition coefficient (Wildman–Crippen LogP) is -1.58. The van der Waals surface area contributed by atoms with Gasteiger partial charge in [0.25, 0.3) is 0 Å². The SMILES string of the molecule is O.O.O.[181Ta+2].[CH3-].[CH3-]. The van der Waals surface area contributed by atoms with Gasteiger partial charge < -0.3 is 31.3 Å². The van der Waals surface area contributed by atoms with Gasteiger partial charge in [-0.15, -0.1) is 0 Å². The Kier molecular flexibility index (Phi) is 28300. The first-order valence-corrected chi connectivity index (χ1v) is 0. The zero-order chi connectivity index (χ0) is 0. The zero-order valence-corrected chi connectivity index (χ0v) is 7.16. The third-order valence-corrected chi connectivity index (χ3v) is 0. The molecule has 0 aromatic heterocycles. The van der Waals surface area contributed by atoms with Crippen LogP contribution in [0.5, 0.6) is 0 Å². The molecule has 0 aromatic rings. The fourth-order valence-electron chi connectivity index (χ4n) is 0. The van der Waals surface area contributed by atoms with E-state index in [1.165, 1.54) is 0 Å². The minimum Gasteiger partial charge on any atom is -0.412 e. The van der Waals surface area contributed by atoms with Crippen LogP contribution in [0.1, 0.15) is 0 Å². The van der Waals surface area contributed by atoms with Gasteiger partial charge in [0, 0.05) is 0 Å². The van der Waals surface area contributed by atoms with E-state index in [0.29, 0.717) is 0 Å². The molecule has 0 rings (SSSR count). The Hall–Kier alpha value is 0.620. The Morgan fingerprint density at radius 1 is 0.500 bits per heavy atom. The fraction of sp³-hybridized carbons (Fsp3) is 0. The Morgan fingerprint density at radius 3 is 0.500 bits per heavy atom. The van der Waals surface area contributed by atoms with E-state index in [4.69, 9.17) is 0 Å². The van der Waals surface area contributed by atoms with Crippen LogP contribution in [-0.4, -0.2) is 16.4 Å². The van der Waals surface area contributed by atoms with Crippen LogP contribution in [0.4, 0.5) is 0 Å². The summed E-state index contributed by atoms with van der Waals surface area (Å²) in [6, 6.07) is 0. The van der Waals surface area contributed by atoms with Crippen LogP contribution in [0.3, 0.4) is 0 Å². The standard InChI is InChI=1S/2CH3.3H2O.Ta/h2*1H3;3*1H2;/q2*-1;;;;+2/i;;;;;1+0. The van der Waals surface area contributed by atoms with Crippen LogP contribution in [0.25, 0.3) is 0 Å². The van der Waals surface area contributed by atoms with Gasteiger partial charge in [0.2, 0.25) is 0 Å². The second kappa shape index (κ2) is 312. The Bertz CT molecular complexity index is 8.75. The molecule has 6 heavy (non-hydrogen) atoms. The molecule has 0 aliphatic rings. The van der Waals surface area contributed by atoms with Crippen LogP contribution in [0.15, 0.2) is 0 Å². The van der Waals surface area contributed by atoms with Gasteiger partial charge in [0.05, 0.1) is 0 Å². The summed E-state index contributed by atoms with van der Waals surface area (Å²) in [5.74, 6) is 0. The van der Waals surface area contributed by atoms with Crippen molar-refractivity contribution in [2.75, 3.05) is 0 Å². The van der Waals surface area contributed by atoms with Gasteiger partial charge in [0.15, 0.2) is 0 Å². The first-order valence-electron chi connectivity index (χ1n) is 0. The molecule has 4 heteroatoms. The van der Waals surface area contributed by atoms with Crippen LogP contribution >= 0.6 is 0 Å². The van der Waals surface area contributed by atoms with Crippen molar-refractivity contribution in [2.45, 2.75) is 0 Å². The van der Waals surface area contributed by atoms with Gasteiger partial charge >= 0.3 is 22.4 Å². The normalized spacial score (nSPS) is 0. The average Bonchev–Trinajstić information content (AvgIpc) is 0. The largest absolute Gasteiger partial charge is 2.00 e. The van der Waals surface area contributed by atoms with Gasteiger partial charge in [0.1, 0.15) is 0 Å². The molecule has 0 saturated heterocycles. The summed E-state index contributed by atoms with van der Waals surface area (Å²) < 4.78 is 0. The maximum Gasteiger partial charge on any atom is 2.00 e. The average molecular weight is 265 g/mol. The zero-order valence-electron chi connectivity index (χ0n) is 3.95. The molecule has 0 spiro atoms. The molecule has 1 radical (unpaired) electrons. The van der Waals surface area contributed by atoms with Gasteiger partial charge in [-0.05, 0) is 0 Å². The maximum absolute atomic E-state index is 0. The summed E-state index contributed by atoms with van der Waals surface area (Å²) >= 11 is 0. The summed E-state index contributed by atoms with van der Waals surface area (Å²) in [4.78, 5) is 0. The number of hydrogen-bond acceptors (Lipinski definition) is 0. The summed E-state index contributed by atoms with van der Waals surface area (Å²) in [5.41, 5.74) is 0. The molecule has 0 aliphatic carbocycles. The summed E-state index contributed by atoms with van der Waals surface area (Å²) in [7, 11) is 0. The molecule has 43 valence electrons. The molecule has 6 N–H and O–H groups in total.